The average Bonchev–Trinajstić information content (AvgIpc) is 2.58. The zero-order valence-corrected chi connectivity index (χ0v) is 8.32. The van der Waals surface area contributed by atoms with Crippen molar-refractivity contribution in [1.29, 1.82) is 0 Å². The highest BCUT2D eigenvalue weighted by molar-refractivity contribution is 9.11. The maximum Gasteiger partial charge on any atom is 0.239 e. The van der Waals surface area contributed by atoms with Crippen LogP contribution in [0, 0.1) is 0 Å². The van der Waals surface area contributed by atoms with Gasteiger partial charge in [0.15, 0.2) is 5.82 Å². The molecule has 2 aromatic heterocycles. The highest BCUT2D eigenvalue weighted by Gasteiger charge is 2.04. The number of nitrogens with two attached hydrogens (primary N) is 1. The molecule has 0 amide bonds. The number of nitrogens with one attached hydrogen (secondary N) is 1. The average molecular weight is 245 g/mol. The summed E-state index contributed by atoms with van der Waals surface area (Å²) < 4.78 is 1.06. The van der Waals surface area contributed by atoms with E-state index in [1.165, 1.54) is 0 Å². The highest BCUT2D eigenvalue weighted by Crippen LogP contribution is 2.28. The van der Waals surface area contributed by atoms with Crippen LogP contribution in [-0.2, 0) is 0 Å². The molecule has 0 bridgehead atoms. The van der Waals surface area contributed by atoms with Gasteiger partial charge in [0.25, 0.3) is 0 Å². The van der Waals surface area contributed by atoms with Crippen molar-refractivity contribution in [3.8, 4) is 10.7 Å². The van der Waals surface area contributed by atoms with E-state index in [1.807, 2.05) is 12.1 Å². The molecule has 0 aliphatic heterocycles. The van der Waals surface area contributed by atoms with Crippen molar-refractivity contribution in [2.24, 2.45) is 0 Å². The number of hydrogen-bond donors (Lipinski definition) is 2. The van der Waals surface area contributed by atoms with Crippen LogP contribution in [-0.4, -0.2) is 15.2 Å². The standard InChI is InChI=1S/C6H5BrN4S/c7-4-2-1-3(12-4)5-9-6(8)11-10-5/h1-2H,(H3,8,9,10,11). The molecule has 0 saturated carbocycles. The molecule has 0 unspecified atom stereocenters. The van der Waals surface area contributed by atoms with Gasteiger partial charge in [-0.15, -0.1) is 16.4 Å². The van der Waals surface area contributed by atoms with E-state index < -0.39 is 0 Å². The molecule has 0 radical (unpaired) electrons. The monoisotopic (exact) mass is 244 g/mol. The molecule has 2 rings (SSSR count). The third kappa shape index (κ3) is 1.35. The Kier molecular flexibility index (Phi) is 1.86. The fourth-order valence-corrected chi connectivity index (χ4v) is 2.15. The van der Waals surface area contributed by atoms with Gasteiger partial charge in [-0.1, -0.05) is 0 Å². The molecule has 3 N–H and O–H groups in total. The number of H-pyrrole nitrogens is 1. The first-order chi connectivity index (χ1) is 5.75. The van der Waals surface area contributed by atoms with Crippen molar-refractivity contribution in [1.82, 2.24) is 15.2 Å². The van der Waals surface area contributed by atoms with Crippen LogP contribution < -0.4 is 5.73 Å². The Morgan fingerprint density at radius 3 is 2.83 bits per heavy atom. The summed E-state index contributed by atoms with van der Waals surface area (Å²) in [5.74, 6) is 0.984. The van der Waals surface area contributed by atoms with Crippen molar-refractivity contribution in [3.63, 3.8) is 0 Å². The molecule has 6 heteroatoms. The van der Waals surface area contributed by atoms with Gasteiger partial charge in [-0.25, -0.2) is 0 Å². The lowest BCUT2D eigenvalue weighted by Crippen LogP contribution is -1.84. The summed E-state index contributed by atoms with van der Waals surface area (Å²) in [7, 11) is 0. The molecule has 2 heterocycles. The van der Waals surface area contributed by atoms with Crippen molar-refractivity contribution < 1.29 is 0 Å². The second kappa shape index (κ2) is 2.87. The van der Waals surface area contributed by atoms with E-state index in [4.69, 9.17) is 5.73 Å². The molecule has 12 heavy (non-hydrogen) atoms. The van der Waals surface area contributed by atoms with Crippen LogP contribution >= 0.6 is 27.3 Å². The quantitative estimate of drug-likeness (QED) is 0.805. The van der Waals surface area contributed by atoms with E-state index >= 15 is 0 Å². The lowest BCUT2D eigenvalue weighted by atomic mass is 10.4. The van der Waals surface area contributed by atoms with Crippen LogP contribution in [0.4, 0.5) is 5.95 Å². The third-order valence-corrected chi connectivity index (χ3v) is 2.94. The Morgan fingerprint density at radius 2 is 2.33 bits per heavy atom. The summed E-state index contributed by atoms with van der Waals surface area (Å²) in [5, 5.41) is 6.47. The first-order valence-electron chi connectivity index (χ1n) is 3.19. The van der Waals surface area contributed by atoms with Crippen molar-refractivity contribution in [2.75, 3.05) is 5.73 Å². The zero-order chi connectivity index (χ0) is 8.55. The Bertz CT molecular complexity index is 355. The van der Waals surface area contributed by atoms with E-state index in [9.17, 15) is 0 Å². The maximum atomic E-state index is 5.36. The number of hydrogen-bond acceptors (Lipinski definition) is 4. The number of rotatable bonds is 1. The maximum absolute atomic E-state index is 5.36. The van der Waals surface area contributed by atoms with Gasteiger partial charge in [0.2, 0.25) is 5.95 Å². The van der Waals surface area contributed by atoms with Crippen molar-refractivity contribution in [2.45, 2.75) is 0 Å². The minimum absolute atomic E-state index is 0.273. The minimum atomic E-state index is 0.273. The molecule has 0 atom stereocenters. The lowest BCUT2D eigenvalue weighted by Gasteiger charge is -1.84. The Hall–Kier alpha value is -0.880. The van der Waals surface area contributed by atoms with E-state index in [-0.39, 0.29) is 5.95 Å². The third-order valence-electron chi connectivity index (χ3n) is 1.31. The molecule has 0 aliphatic rings. The van der Waals surface area contributed by atoms with E-state index in [0.29, 0.717) is 5.82 Å². The summed E-state index contributed by atoms with van der Waals surface area (Å²) in [6, 6.07) is 3.91. The molecule has 0 fully saturated rings. The summed E-state index contributed by atoms with van der Waals surface area (Å²) in [6.45, 7) is 0. The number of anilines is 1. The zero-order valence-electron chi connectivity index (χ0n) is 5.91. The molecule has 0 spiro atoms. The Labute approximate surface area is 81.0 Å². The minimum Gasteiger partial charge on any atom is -0.366 e. The Morgan fingerprint density at radius 1 is 1.50 bits per heavy atom. The number of halogens is 1. The summed E-state index contributed by atoms with van der Waals surface area (Å²) >= 11 is 4.94. The number of nitrogen functional groups attached to an aromatic ring is 1. The second-order valence-electron chi connectivity index (χ2n) is 2.15. The van der Waals surface area contributed by atoms with Crippen LogP contribution in [0.2, 0.25) is 0 Å². The Balaban J connectivity index is 2.43. The molecule has 4 nitrogen and oxygen atoms in total. The van der Waals surface area contributed by atoms with Crippen LogP contribution in [0.3, 0.4) is 0 Å². The second-order valence-corrected chi connectivity index (χ2v) is 4.61. The van der Waals surface area contributed by atoms with Gasteiger partial charge in [0, 0.05) is 0 Å². The molecular formula is C6H5BrN4S. The molecule has 0 aromatic carbocycles. The van der Waals surface area contributed by atoms with Crippen LogP contribution in [0.25, 0.3) is 10.7 Å². The number of thiophene rings is 1. The molecule has 62 valence electrons. The SMILES string of the molecule is Nc1n[nH]c(-c2ccc(Br)s2)n1. The number of aromatic amines is 1. The fourth-order valence-electron chi connectivity index (χ4n) is 0.827. The summed E-state index contributed by atoms with van der Waals surface area (Å²) in [4.78, 5) is 5.01. The van der Waals surface area contributed by atoms with Crippen molar-refractivity contribution in [3.05, 3.63) is 15.9 Å². The summed E-state index contributed by atoms with van der Waals surface area (Å²) in [6.07, 6.45) is 0. The van der Waals surface area contributed by atoms with Gasteiger partial charge in [-0.05, 0) is 28.1 Å². The van der Waals surface area contributed by atoms with Crippen LogP contribution in [0.5, 0.6) is 0 Å². The topological polar surface area (TPSA) is 67.6 Å². The smallest absolute Gasteiger partial charge is 0.239 e. The van der Waals surface area contributed by atoms with Gasteiger partial charge in [-0.3, -0.25) is 5.10 Å². The number of nitrogens with zero attached hydrogens (tertiary/aromatic N) is 2. The van der Waals surface area contributed by atoms with Gasteiger partial charge in [-0.2, -0.15) is 4.98 Å². The first kappa shape index (κ1) is 7.75. The molecular weight excluding hydrogens is 240 g/mol. The fraction of sp³-hybridized carbons (Fsp3) is 0. The van der Waals surface area contributed by atoms with Gasteiger partial charge in [0.05, 0.1) is 8.66 Å². The van der Waals surface area contributed by atoms with Gasteiger partial charge < -0.3 is 5.73 Å². The van der Waals surface area contributed by atoms with Gasteiger partial charge >= 0.3 is 0 Å². The van der Waals surface area contributed by atoms with Crippen molar-refractivity contribution >= 4 is 33.2 Å². The number of aromatic nitrogens is 3. The van der Waals surface area contributed by atoms with Crippen LogP contribution in [0.15, 0.2) is 15.9 Å². The predicted octanol–water partition coefficient (Wildman–Crippen LogP) is 1.88. The summed E-state index contributed by atoms with van der Waals surface area (Å²) in [5.41, 5.74) is 5.36. The predicted molar refractivity (Wildman–Crippen MR) is 51.8 cm³/mol. The largest absolute Gasteiger partial charge is 0.366 e. The molecule has 0 aliphatic carbocycles. The van der Waals surface area contributed by atoms with E-state index in [2.05, 4.69) is 31.1 Å². The molecule has 2 aromatic rings. The molecule has 0 saturated heterocycles. The first-order valence-corrected chi connectivity index (χ1v) is 4.80. The highest BCUT2D eigenvalue weighted by atomic mass is 79.9. The van der Waals surface area contributed by atoms with Gasteiger partial charge in [0.1, 0.15) is 0 Å². The lowest BCUT2D eigenvalue weighted by molar-refractivity contribution is 1.11. The van der Waals surface area contributed by atoms with E-state index in [1.54, 1.807) is 11.3 Å². The van der Waals surface area contributed by atoms with E-state index in [0.717, 1.165) is 8.66 Å². The van der Waals surface area contributed by atoms with Crippen LogP contribution in [0.1, 0.15) is 0 Å². The normalized spacial score (nSPS) is 10.4.